The molecule has 0 spiro atoms. The molecule has 3 N–H and O–H groups in total. The number of thioether (sulfide) groups is 1. The van der Waals surface area contributed by atoms with E-state index in [1.807, 2.05) is 36.1 Å². The van der Waals surface area contributed by atoms with Crippen LogP contribution in [0.5, 0.6) is 0 Å². The summed E-state index contributed by atoms with van der Waals surface area (Å²) in [6.45, 7) is 2.81. The second-order valence-electron chi connectivity index (χ2n) is 4.33. The summed E-state index contributed by atoms with van der Waals surface area (Å²) in [6, 6.07) is 6.03. The second-order valence-corrected chi connectivity index (χ2v) is 6.36. The van der Waals surface area contributed by atoms with Gasteiger partial charge in [-0.3, -0.25) is 5.41 Å². The maximum Gasteiger partial charge on any atom is 0.126 e. The maximum absolute atomic E-state index is 7.86. The van der Waals surface area contributed by atoms with Crippen LogP contribution in [0.1, 0.15) is 18.2 Å². The lowest BCUT2D eigenvalue weighted by molar-refractivity contribution is 0.891. The van der Waals surface area contributed by atoms with Crippen LogP contribution in [0.25, 0.3) is 0 Å². The van der Waals surface area contributed by atoms with Crippen molar-refractivity contribution in [2.75, 3.05) is 17.7 Å². The summed E-state index contributed by atoms with van der Waals surface area (Å²) in [7, 11) is 2.00. The van der Waals surface area contributed by atoms with Crippen LogP contribution in [-0.2, 0) is 6.54 Å². The third-order valence-corrected chi connectivity index (χ3v) is 4.44. The van der Waals surface area contributed by atoms with E-state index in [2.05, 4.69) is 16.8 Å². The number of benzene rings is 1. The number of nitrogen functional groups attached to an aromatic ring is 1. The largest absolute Gasteiger partial charge is 0.384 e. The van der Waals surface area contributed by atoms with Gasteiger partial charge in [-0.15, -0.1) is 23.1 Å². The number of nitrogens with two attached hydrogens (primary N) is 1. The summed E-state index contributed by atoms with van der Waals surface area (Å²) >= 11 is 3.30. The Kier molecular flexibility index (Phi) is 5.03. The highest BCUT2D eigenvalue weighted by molar-refractivity contribution is 7.99. The highest BCUT2D eigenvalue weighted by Gasteiger charge is 2.15. The molecule has 1 aromatic heterocycles. The lowest BCUT2D eigenvalue weighted by Gasteiger charge is -2.23. The predicted molar refractivity (Wildman–Crippen MR) is 88.1 cm³/mol. The standard InChI is InChI=1S/C14H18N4S2/c1-3-20-12-6-4-5-11(13(12)14(15)16)18(2)7-10-8-19-9-17-10/h4-6,8-9H,3,7H2,1-2H3,(H3,15,16). The average Bonchev–Trinajstić information content (AvgIpc) is 2.91. The van der Waals surface area contributed by atoms with Gasteiger partial charge in [0.15, 0.2) is 0 Å². The van der Waals surface area contributed by atoms with Crippen molar-refractivity contribution in [3.05, 3.63) is 40.3 Å². The minimum atomic E-state index is 0.113. The number of hydrogen-bond acceptors (Lipinski definition) is 5. The maximum atomic E-state index is 7.86. The van der Waals surface area contributed by atoms with Gasteiger partial charge in [-0.2, -0.15) is 0 Å². The van der Waals surface area contributed by atoms with E-state index >= 15 is 0 Å². The molecule has 0 saturated heterocycles. The molecule has 0 atom stereocenters. The van der Waals surface area contributed by atoms with Crippen molar-refractivity contribution in [3.8, 4) is 0 Å². The summed E-state index contributed by atoms with van der Waals surface area (Å²) in [5, 5.41) is 9.90. The highest BCUT2D eigenvalue weighted by atomic mass is 32.2. The Hall–Kier alpha value is -1.53. The van der Waals surface area contributed by atoms with E-state index in [-0.39, 0.29) is 5.84 Å². The van der Waals surface area contributed by atoms with Crippen molar-refractivity contribution in [3.63, 3.8) is 0 Å². The fourth-order valence-electron chi connectivity index (χ4n) is 2.03. The van der Waals surface area contributed by atoms with E-state index in [0.29, 0.717) is 6.54 Å². The summed E-state index contributed by atoms with van der Waals surface area (Å²) in [4.78, 5) is 7.45. The smallest absolute Gasteiger partial charge is 0.126 e. The van der Waals surface area contributed by atoms with E-state index in [0.717, 1.165) is 27.6 Å². The molecular formula is C14H18N4S2. The molecule has 106 valence electrons. The quantitative estimate of drug-likeness (QED) is 0.489. The first-order valence-electron chi connectivity index (χ1n) is 6.32. The Bertz CT molecular complexity index is 581. The molecule has 2 aromatic rings. The number of rotatable bonds is 6. The molecule has 6 heteroatoms. The molecule has 1 heterocycles. The number of nitrogens with zero attached hydrogens (tertiary/aromatic N) is 2. The first-order chi connectivity index (χ1) is 9.63. The molecule has 0 aliphatic carbocycles. The van der Waals surface area contributed by atoms with Gasteiger partial charge in [-0.1, -0.05) is 13.0 Å². The second kappa shape index (κ2) is 6.76. The molecule has 4 nitrogen and oxygen atoms in total. The van der Waals surface area contributed by atoms with Crippen LogP contribution in [-0.4, -0.2) is 23.6 Å². The van der Waals surface area contributed by atoms with Gasteiger partial charge in [0.1, 0.15) is 5.84 Å². The normalized spacial score (nSPS) is 10.5. The highest BCUT2D eigenvalue weighted by Crippen LogP contribution is 2.30. The fraction of sp³-hybridized carbons (Fsp3) is 0.286. The zero-order chi connectivity index (χ0) is 14.5. The van der Waals surface area contributed by atoms with E-state index < -0.39 is 0 Å². The number of thiazole rings is 1. The molecule has 0 fully saturated rings. The lowest BCUT2D eigenvalue weighted by Crippen LogP contribution is -2.22. The first kappa shape index (κ1) is 14.9. The van der Waals surface area contributed by atoms with Crippen molar-refractivity contribution in [1.82, 2.24) is 4.98 Å². The van der Waals surface area contributed by atoms with Crippen molar-refractivity contribution in [2.24, 2.45) is 5.73 Å². The van der Waals surface area contributed by atoms with Crippen molar-refractivity contribution >= 4 is 34.6 Å². The minimum Gasteiger partial charge on any atom is -0.384 e. The predicted octanol–water partition coefficient (Wildman–Crippen LogP) is 3.18. The molecule has 1 aromatic carbocycles. The Morgan fingerprint density at radius 1 is 1.50 bits per heavy atom. The molecule has 0 unspecified atom stereocenters. The fourth-order valence-corrected chi connectivity index (χ4v) is 3.42. The van der Waals surface area contributed by atoms with Gasteiger partial charge in [0.25, 0.3) is 0 Å². The molecule has 2 rings (SSSR count). The Morgan fingerprint density at radius 2 is 2.30 bits per heavy atom. The van der Waals surface area contributed by atoms with Crippen LogP contribution >= 0.6 is 23.1 Å². The van der Waals surface area contributed by atoms with Gasteiger partial charge >= 0.3 is 0 Å². The number of nitrogens with one attached hydrogen (secondary N) is 1. The van der Waals surface area contributed by atoms with Crippen molar-refractivity contribution in [2.45, 2.75) is 18.4 Å². The summed E-state index contributed by atoms with van der Waals surface area (Å²) in [5.41, 5.74) is 10.4. The minimum absolute atomic E-state index is 0.113. The molecular weight excluding hydrogens is 288 g/mol. The van der Waals surface area contributed by atoms with Crippen LogP contribution in [0.4, 0.5) is 5.69 Å². The van der Waals surface area contributed by atoms with Crippen LogP contribution in [0.15, 0.2) is 34.0 Å². The van der Waals surface area contributed by atoms with Gasteiger partial charge < -0.3 is 10.6 Å². The number of aromatic nitrogens is 1. The van der Waals surface area contributed by atoms with Crippen molar-refractivity contribution < 1.29 is 0 Å². The van der Waals surface area contributed by atoms with Crippen LogP contribution < -0.4 is 10.6 Å². The summed E-state index contributed by atoms with van der Waals surface area (Å²) in [6.07, 6.45) is 0. The Labute approximate surface area is 127 Å². The van der Waals surface area contributed by atoms with Gasteiger partial charge in [0.05, 0.1) is 23.3 Å². The topological polar surface area (TPSA) is 66.0 Å². The van der Waals surface area contributed by atoms with Gasteiger partial charge in [-0.05, 0) is 17.9 Å². The van der Waals surface area contributed by atoms with Crippen LogP contribution in [0, 0.1) is 5.41 Å². The van der Waals surface area contributed by atoms with E-state index in [4.69, 9.17) is 11.1 Å². The summed E-state index contributed by atoms with van der Waals surface area (Å²) in [5.74, 6) is 1.07. The average molecular weight is 306 g/mol. The molecule has 0 bridgehead atoms. The van der Waals surface area contributed by atoms with Crippen molar-refractivity contribution in [1.29, 1.82) is 5.41 Å². The van der Waals surface area contributed by atoms with Gasteiger partial charge in [0, 0.05) is 23.0 Å². The number of amidine groups is 1. The van der Waals surface area contributed by atoms with Gasteiger partial charge in [-0.25, -0.2) is 4.98 Å². The Balaban J connectivity index is 2.34. The molecule has 0 radical (unpaired) electrons. The SMILES string of the molecule is CCSc1cccc(N(C)Cc2cscn2)c1C(=N)N. The zero-order valence-corrected chi connectivity index (χ0v) is 13.2. The Morgan fingerprint density at radius 3 is 2.90 bits per heavy atom. The van der Waals surface area contributed by atoms with Crippen LogP contribution in [0.3, 0.4) is 0 Å². The third kappa shape index (κ3) is 3.32. The van der Waals surface area contributed by atoms with E-state index in [9.17, 15) is 0 Å². The summed E-state index contributed by atoms with van der Waals surface area (Å²) < 4.78 is 0. The third-order valence-electron chi connectivity index (χ3n) is 2.87. The monoisotopic (exact) mass is 306 g/mol. The lowest BCUT2D eigenvalue weighted by atomic mass is 10.1. The van der Waals surface area contributed by atoms with E-state index in [1.165, 1.54) is 0 Å². The van der Waals surface area contributed by atoms with Gasteiger partial charge in [0.2, 0.25) is 0 Å². The van der Waals surface area contributed by atoms with Crippen LogP contribution in [0.2, 0.25) is 0 Å². The molecule has 0 aliphatic heterocycles. The molecule has 0 aliphatic rings. The molecule has 0 amide bonds. The first-order valence-corrected chi connectivity index (χ1v) is 8.24. The zero-order valence-electron chi connectivity index (χ0n) is 11.6. The molecule has 20 heavy (non-hydrogen) atoms. The molecule has 0 saturated carbocycles. The van der Waals surface area contributed by atoms with E-state index in [1.54, 1.807) is 23.1 Å². The number of anilines is 1. The number of hydrogen-bond donors (Lipinski definition) is 2.